The average Bonchev–Trinajstić information content (AvgIpc) is 3.40. The molecule has 0 amide bonds. The first-order chi connectivity index (χ1) is 28.1. The summed E-state index contributed by atoms with van der Waals surface area (Å²) in [6, 6.07) is 0. The van der Waals surface area contributed by atoms with E-state index in [-0.39, 0.29) is 32.0 Å². The molecule has 1 fully saturated rings. The maximum atomic E-state index is 13.4. The maximum Gasteiger partial charge on any atom is 0.502 e. The lowest BCUT2D eigenvalue weighted by Gasteiger charge is -2.48. The molecule has 1 rings (SSSR count). The largest absolute Gasteiger partial charge is 0.783 e. The number of carbonyl (C=O) groups excluding carboxylic acids is 2. The van der Waals surface area contributed by atoms with E-state index in [1.54, 1.807) is 0 Å². The molecule has 1 N–H and O–H groups in total. The number of hydroxylamine groups is 2. The molecule has 1 saturated heterocycles. The number of esters is 2. The van der Waals surface area contributed by atoms with Gasteiger partial charge in [0.05, 0.1) is 27.7 Å². The fraction of sp³-hybridized carbons (Fsp3) is 0.957. The van der Waals surface area contributed by atoms with Crippen LogP contribution in [0.1, 0.15) is 214 Å². The van der Waals surface area contributed by atoms with Crippen LogP contribution in [0.4, 0.5) is 0 Å². The molecule has 1 aliphatic heterocycles. The van der Waals surface area contributed by atoms with Crippen molar-refractivity contribution in [3.8, 4) is 0 Å². The van der Waals surface area contributed by atoms with Crippen molar-refractivity contribution < 1.29 is 46.8 Å². The van der Waals surface area contributed by atoms with E-state index in [2.05, 4.69) is 13.8 Å². The van der Waals surface area contributed by atoms with Crippen molar-refractivity contribution in [3.63, 3.8) is 0 Å². The van der Waals surface area contributed by atoms with Crippen LogP contribution in [0.3, 0.4) is 0 Å². The SMILES string of the molecule is CCCCCCCCCCCCCCCC(=O)OC(COC(=[OH+])CCCCCC1(CCCCCCCCCCC)OCC(C)(C)N1[O-])COP([O])(=O)OCC[N+](C)(C)C. The highest BCUT2D eigenvalue weighted by Gasteiger charge is 2.45. The Labute approximate surface area is 361 Å². The van der Waals surface area contributed by atoms with Gasteiger partial charge in [-0.05, 0) is 52.4 Å². The Morgan fingerprint density at radius 1 is 0.712 bits per heavy atom. The van der Waals surface area contributed by atoms with E-state index in [4.69, 9.17) is 23.3 Å². The molecular formula is C46H91N2O10P+. The minimum absolute atomic E-state index is 0.0457. The van der Waals surface area contributed by atoms with E-state index in [1.807, 2.05) is 35.0 Å². The summed E-state index contributed by atoms with van der Waals surface area (Å²) in [6.45, 7) is 8.44. The zero-order valence-electron chi connectivity index (χ0n) is 39.1. The number of ether oxygens (including phenoxy) is 3. The fourth-order valence-electron chi connectivity index (χ4n) is 7.57. The summed E-state index contributed by atoms with van der Waals surface area (Å²) < 4.78 is 40.5. The van der Waals surface area contributed by atoms with Crippen LogP contribution >= 0.6 is 7.82 Å². The van der Waals surface area contributed by atoms with E-state index in [0.717, 1.165) is 51.4 Å². The number of unbranched alkanes of at least 4 members (excludes halogenated alkanes) is 22. The molecule has 12 nitrogen and oxygen atoms in total. The van der Waals surface area contributed by atoms with Crippen molar-refractivity contribution in [1.29, 1.82) is 0 Å². The topological polar surface area (TPSA) is 148 Å². The number of nitrogens with zero attached hydrogens (tertiary/aromatic N) is 2. The fourth-order valence-corrected chi connectivity index (χ4v) is 8.29. The van der Waals surface area contributed by atoms with Gasteiger partial charge >= 0.3 is 19.8 Å². The molecular weight excluding hydrogens is 771 g/mol. The molecule has 3 atom stereocenters. The van der Waals surface area contributed by atoms with Crippen LogP contribution < -0.4 is 0 Å². The Bertz CT molecular complexity index is 1120. The lowest BCUT2D eigenvalue weighted by molar-refractivity contribution is -0.870. The molecule has 13 heteroatoms. The second-order valence-corrected chi connectivity index (χ2v) is 20.3. The van der Waals surface area contributed by atoms with Crippen LogP contribution in [0.2, 0.25) is 0 Å². The van der Waals surface area contributed by atoms with Crippen molar-refractivity contribution in [3.05, 3.63) is 5.21 Å². The third-order valence-electron chi connectivity index (χ3n) is 11.4. The number of hydrogen-bond acceptors (Lipinski definition) is 9. The van der Waals surface area contributed by atoms with Gasteiger partial charge in [0.1, 0.15) is 31.9 Å². The second-order valence-electron chi connectivity index (χ2n) is 18.9. The van der Waals surface area contributed by atoms with Crippen molar-refractivity contribution in [2.24, 2.45) is 0 Å². The van der Waals surface area contributed by atoms with Gasteiger partial charge in [-0.1, -0.05) is 149 Å². The minimum Gasteiger partial charge on any atom is -0.783 e. The van der Waals surface area contributed by atoms with Crippen LogP contribution in [0.15, 0.2) is 0 Å². The number of carbonyl (C=O) groups is 1. The lowest BCUT2D eigenvalue weighted by atomic mass is 9.95. The lowest BCUT2D eigenvalue weighted by Crippen LogP contribution is -2.48. The molecule has 0 bridgehead atoms. The monoisotopic (exact) mass is 863 g/mol. The molecule has 0 spiro atoms. The number of hydrogen-bond donors (Lipinski definition) is 0. The zero-order valence-corrected chi connectivity index (χ0v) is 40.0. The second kappa shape index (κ2) is 32.5. The maximum absolute atomic E-state index is 13.4. The van der Waals surface area contributed by atoms with Gasteiger partial charge in [-0.25, -0.2) is 4.57 Å². The summed E-state index contributed by atoms with van der Waals surface area (Å²) in [5, 5.41) is 14.6. The normalized spacial score (nSPS) is 18.5. The van der Waals surface area contributed by atoms with Crippen LogP contribution in [-0.4, -0.2) is 97.8 Å². The standard InChI is InChI=1S/C46H90N2O10P/c1-8-10-12-14-16-18-19-20-21-22-24-26-29-34-44(50)58-42(40-57-59(52,53)56-38-37-48(5,6)7)39-54-43(49)33-30-28-32-36-46(47(51)45(3,4)41-55-46)35-31-27-25-23-17-15-13-11-9-2/h42H,8-41H2,1-7H3/p+1. The number of rotatable bonds is 40. The van der Waals surface area contributed by atoms with Crippen LogP contribution in [0.5, 0.6) is 0 Å². The number of quaternary nitrogens is 1. The van der Waals surface area contributed by atoms with E-state index in [9.17, 15) is 24.3 Å². The van der Waals surface area contributed by atoms with Gasteiger partial charge in [0, 0.05) is 12.0 Å². The highest BCUT2D eigenvalue weighted by molar-refractivity contribution is 7.47. The Hall–Kier alpha value is -1.11. The summed E-state index contributed by atoms with van der Waals surface area (Å²) in [6.07, 6.45) is 29.5. The average molecular weight is 863 g/mol. The van der Waals surface area contributed by atoms with Crippen molar-refractivity contribution in [1.82, 2.24) is 5.06 Å². The molecule has 1 radical (unpaired) electrons. The Kier molecular flexibility index (Phi) is 30.8. The van der Waals surface area contributed by atoms with Crippen LogP contribution in [0, 0.1) is 5.21 Å². The third kappa shape index (κ3) is 29.0. The molecule has 0 aliphatic carbocycles. The summed E-state index contributed by atoms with van der Waals surface area (Å²) in [5.74, 6) is -0.683. The Morgan fingerprint density at radius 3 is 1.61 bits per heavy atom. The Morgan fingerprint density at radius 2 is 1.15 bits per heavy atom. The van der Waals surface area contributed by atoms with E-state index < -0.39 is 37.8 Å². The van der Waals surface area contributed by atoms with Gasteiger partial charge in [-0.15, -0.1) is 4.89 Å². The quantitative estimate of drug-likeness (QED) is 0.0193. The molecule has 0 aromatic rings. The van der Waals surface area contributed by atoms with Crippen molar-refractivity contribution in [2.45, 2.75) is 231 Å². The van der Waals surface area contributed by atoms with Gasteiger partial charge in [-0.2, -0.15) is 0 Å². The molecule has 349 valence electrons. The molecule has 59 heavy (non-hydrogen) atoms. The summed E-state index contributed by atoms with van der Waals surface area (Å²) >= 11 is 0. The molecule has 0 aromatic carbocycles. The minimum atomic E-state index is -4.66. The molecule has 1 aliphatic rings. The van der Waals surface area contributed by atoms with E-state index in [1.165, 1.54) is 108 Å². The smallest absolute Gasteiger partial charge is 0.502 e. The number of likely N-dealkylation sites (N-methyl/N-ethyl adjacent to an activating group) is 1. The summed E-state index contributed by atoms with van der Waals surface area (Å²) in [4.78, 5) is 35.9. The zero-order chi connectivity index (χ0) is 43.9. The van der Waals surface area contributed by atoms with E-state index >= 15 is 0 Å². The van der Waals surface area contributed by atoms with Gasteiger partial charge in [-0.3, -0.25) is 13.8 Å². The highest BCUT2D eigenvalue weighted by atomic mass is 31.2. The predicted octanol–water partition coefficient (Wildman–Crippen LogP) is 12.4. The molecule has 0 aromatic heterocycles. The van der Waals surface area contributed by atoms with Gasteiger partial charge in [0.25, 0.3) is 0 Å². The molecule has 3 unspecified atom stereocenters. The Balaban J connectivity index is 2.52. The predicted molar refractivity (Wildman–Crippen MR) is 239 cm³/mol. The van der Waals surface area contributed by atoms with Gasteiger partial charge < -0.3 is 33.8 Å². The summed E-state index contributed by atoms with van der Waals surface area (Å²) in [5.41, 5.74) is -1.37. The molecule has 0 saturated carbocycles. The first-order valence-electron chi connectivity index (χ1n) is 23.9. The van der Waals surface area contributed by atoms with Crippen molar-refractivity contribution >= 4 is 19.8 Å². The van der Waals surface area contributed by atoms with Gasteiger partial charge in [0.15, 0.2) is 6.10 Å². The van der Waals surface area contributed by atoms with Crippen LogP contribution in [-0.2, 0) is 37.5 Å². The van der Waals surface area contributed by atoms with Crippen molar-refractivity contribution in [2.75, 3.05) is 54.1 Å². The summed E-state index contributed by atoms with van der Waals surface area (Å²) in [7, 11) is 1.12. The first kappa shape index (κ1) is 55.9. The van der Waals surface area contributed by atoms with Gasteiger partial charge in [0.2, 0.25) is 6.61 Å². The first-order valence-corrected chi connectivity index (χ1v) is 25.4. The third-order valence-corrected chi connectivity index (χ3v) is 12.4. The van der Waals surface area contributed by atoms with Crippen LogP contribution in [0.25, 0.3) is 0 Å². The molecule has 1 heterocycles. The highest BCUT2D eigenvalue weighted by Crippen LogP contribution is 2.44. The van der Waals surface area contributed by atoms with E-state index in [0.29, 0.717) is 36.9 Å².